The van der Waals surface area contributed by atoms with Crippen LogP contribution in [0.5, 0.6) is 0 Å². The van der Waals surface area contributed by atoms with Crippen LogP contribution in [0, 0.1) is 5.92 Å². The van der Waals surface area contributed by atoms with Crippen LogP contribution in [-0.4, -0.2) is 47.2 Å². The molecule has 1 aliphatic heterocycles. The Morgan fingerprint density at radius 3 is 2.24 bits per heavy atom. The maximum atomic E-state index is 12.2. The van der Waals surface area contributed by atoms with Gasteiger partial charge in [0.2, 0.25) is 5.91 Å². The zero-order chi connectivity index (χ0) is 14.7. The van der Waals surface area contributed by atoms with Gasteiger partial charge in [-0.05, 0) is 44.9 Å². The number of rotatable bonds is 3. The zero-order valence-corrected chi connectivity index (χ0v) is 13.1. The molecule has 21 heavy (non-hydrogen) atoms. The SMILES string of the molecule is O=C(NC1CCN(C2CCCCC2)CC1)C1CCCC1O. The van der Waals surface area contributed by atoms with E-state index in [1.165, 1.54) is 32.1 Å². The number of carbonyl (C=O) groups excluding carboxylic acids is 1. The minimum absolute atomic E-state index is 0.0936. The molecule has 2 atom stereocenters. The van der Waals surface area contributed by atoms with Gasteiger partial charge in [-0.25, -0.2) is 0 Å². The van der Waals surface area contributed by atoms with Crippen LogP contribution in [0.4, 0.5) is 0 Å². The summed E-state index contributed by atoms with van der Waals surface area (Å²) in [4.78, 5) is 14.9. The first kappa shape index (κ1) is 15.3. The molecule has 0 bridgehead atoms. The van der Waals surface area contributed by atoms with E-state index in [0.29, 0.717) is 6.04 Å². The topological polar surface area (TPSA) is 52.6 Å². The number of likely N-dealkylation sites (tertiary alicyclic amines) is 1. The number of amides is 1. The van der Waals surface area contributed by atoms with Crippen LogP contribution in [0.1, 0.15) is 64.2 Å². The van der Waals surface area contributed by atoms with E-state index in [4.69, 9.17) is 0 Å². The zero-order valence-electron chi connectivity index (χ0n) is 13.1. The highest BCUT2D eigenvalue weighted by Crippen LogP contribution is 2.27. The van der Waals surface area contributed by atoms with E-state index in [9.17, 15) is 9.90 Å². The van der Waals surface area contributed by atoms with Crippen molar-refractivity contribution in [3.05, 3.63) is 0 Å². The van der Waals surface area contributed by atoms with Crippen molar-refractivity contribution in [1.29, 1.82) is 0 Å². The minimum atomic E-state index is -0.410. The molecule has 120 valence electrons. The van der Waals surface area contributed by atoms with Gasteiger partial charge in [-0.15, -0.1) is 0 Å². The van der Waals surface area contributed by atoms with Crippen molar-refractivity contribution in [2.24, 2.45) is 5.92 Å². The van der Waals surface area contributed by atoms with Crippen molar-refractivity contribution in [2.75, 3.05) is 13.1 Å². The van der Waals surface area contributed by atoms with Gasteiger partial charge in [-0.1, -0.05) is 19.3 Å². The molecular formula is C17H30N2O2. The predicted octanol–water partition coefficient (Wildman–Crippen LogP) is 2.06. The van der Waals surface area contributed by atoms with Gasteiger partial charge in [0.25, 0.3) is 0 Å². The third kappa shape index (κ3) is 3.78. The standard InChI is InChI=1S/C17H30N2O2/c20-16-8-4-7-15(16)17(21)18-13-9-11-19(12-10-13)14-5-2-1-3-6-14/h13-16,20H,1-12H2,(H,18,21). The van der Waals surface area contributed by atoms with Crippen molar-refractivity contribution in [3.63, 3.8) is 0 Å². The Morgan fingerprint density at radius 2 is 1.62 bits per heavy atom. The molecule has 1 saturated heterocycles. The highest BCUT2D eigenvalue weighted by Gasteiger charge is 2.33. The van der Waals surface area contributed by atoms with Crippen molar-refractivity contribution in [1.82, 2.24) is 10.2 Å². The first-order chi connectivity index (χ1) is 10.2. The fourth-order valence-corrected chi connectivity index (χ4v) is 4.41. The van der Waals surface area contributed by atoms with Crippen molar-refractivity contribution < 1.29 is 9.90 Å². The van der Waals surface area contributed by atoms with Crippen molar-refractivity contribution in [3.8, 4) is 0 Å². The molecule has 0 aromatic heterocycles. The lowest BCUT2D eigenvalue weighted by Crippen LogP contribution is -2.50. The third-order valence-electron chi connectivity index (χ3n) is 5.78. The maximum Gasteiger partial charge on any atom is 0.225 e. The Bertz CT molecular complexity index is 347. The molecule has 1 amide bonds. The number of nitrogens with zero attached hydrogens (tertiary/aromatic N) is 1. The van der Waals surface area contributed by atoms with Gasteiger partial charge in [-0.2, -0.15) is 0 Å². The molecule has 3 fully saturated rings. The number of aliphatic hydroxyl groups is 1. The van der Waals surface area contributed by atoms with Gasteiger partial charge >= 0.3 is 0 Å². The maximum absolute atomic E-state index is 12.2. The third-order valence-corrected chi connectivity index (χ3v) is 5.78. The number of hydrogen-bond acceptors (Lipinski definition) is 3. The molecule has 2 saturated carbocycles. The average Bonchev–Trinajstić information content (AvgIpc) is 2.95. The molecular weight excluding hydrogens is 264 g/mol. The summed E-state index contributed by atoms with van der Waals surface area (Å²) in [6.07, 6.45) is 11.3. The van der Waals surface area contributed by atoms with E-state index < -0.39 is 6.10 Å². The number of aliphatic hydroxyl groups excluding tert-OH is 1. The van der Waals surface area contributed by atoms with E-state index in [-0.39, 0.29) is 11.8 Å². The lowest BCUT2D eigenvalue weighted by Gasteiger charge is -2.39. The molecule has 2 unspecified atom stereocenters. The van der Waals surface area contributed by atoms with Gasteiger partial charge in [0.15, 0.2) is 0 Å². The molecule has 3 rings (SSSR count). The van der Waals surface area contributed by atoms with E-state index in [0.717, 1.165) is 51.2 Å². The molecule has 0 aromatic carbocycles. The van der Waals surface area contributed by atoms with Crippen LogP contribution < -0.4 is 5.32 Å². The first-order valence-electron chi connectivity index (χ1n) is 8.96. The Kier molecular flexibility index (Phi) is 5.17. The lowest BCUT2D eigenvalue weighted by molar-refractivity contribution is -0.128. The number of piperidine rings is 1. The van der Waals surface area contributed by atoms with Gasteiger partial charge < -0.3 is 15.3 Å². The molecule has 0 spiro atoms. The summed E-state index contributed by atoms with van der Waals surface area (Å²) in [5.41, 5.74) is 0. The molecule has 1 heterocycles. The fraction of sp³-hybridized carbons (Fsp3) is 0.941. The normalized spacial score (nSPS) is 33.2. The highest BCUT2D eigenvalue weighted by molar-refractivity contribution is 5.79. The summed E-state index contributed by atoms with van der Waals surface area (Å²) in [5, 5.41) is 13.0. The quantitative estimate of drug-likeness (QED) is 0.838. The molecule has 0 radical (unpaired) electrons. The fourth-order valence-electron chi connectivity index (χ4n) is 4.41. The van der Waals surface area contributed by atoms with Gasteiger partial charge in [0, 0.05) is 25.2 Å². The van der Waals surface area contributed by atoms with Gasteiger partial charge in [0.1, 0.15) is 0 Å². The highest BCUT2D eigenvalue weighted by atomic mass is 16.3. The van der Waals surface area contributed by atoms with Gasteiger partial charge in [-0.3, -0.25) is 4.79 Å². The second-order valence-corrected chi connectivity index (χ2v) is 7.22. The second-order valence-electron chi connectivity index (χ2n) is 7.22. The molecule has 2 N–H and O–H groups in total. The minimum Gasteiger partial charge on any atom is -0.392 e. The number of nitrogens with one attached hydrogen (secondary N) is 1. The van der Waals surface area contributed by atoms with Crippen LogP contribution in [-0.2, 0) is 4.79 Å². The van der Waals surface area contributed by atoms with Crippen molar-refractivity contribution in [2.45, 2.75) is 82.4 Å². The summed E-state index contributed by atoms with van der Waals surface area (Å²) in [5.74, 6) is -0.0579. The van der Waals surface area contributed by atoms with Crippen LogP contribution in [0.15, 0.2) is 0 Å². The summed E-state index contributed by atoms with van der Waals surface area (Å²) < 4.78 is 0. The van der Waals surface area contributed by atoms with Crippen LogP contribution in [0.25, 0.3) is 0 Å². The monoisotopic (exact) mass is 294 g/mol. The van der Waals surface area contributed by atoms with Gasteiger partial charge in [0.05, 0.1) is 12.0 Å². The summed E-state index contributed by atoms with van der Waals surface area (Å²) in [6.45, 7) is 2.26. The average molecular weight is 294 g/mol. The number of hydrogen-bond donors (Lipinski definition) is 2. The predicted molar refractivity (Wildman–Crippen MR) is 83.0 cm³/mol. The molecule has 3 aliphatic rings. The van der Waals surface area contributed by atoms with Crippen LogP contribution >= 0.6 is 0 Å². The van der Waals surface area contributed by atoms with E-state index >= 15 is 0 Å². The largest absolute Gasteiger partial charge is 0.392 e. The molecule has 2 aliphatic carbocycles. The Morgan fingerprint density at radius 1 is 0.905 bits per heavy atom. The number of carbonyl (C=O) groups is 1. The first-order valence-corrected chi connectivity index (χ1v) is 8.96. The molecule has 0 aromatic rings. The van der Waals surface area contributed by atoms with Crippen molar-refractivity contribution >= 4 is 5.91 Å². The Labute approximate surface area is 128 Å². The van der Waals surface area contributed by atoms with E-state index in [2.05, 4.69) is 10.2 Å². The van der Waals surface area contributed by atoms with E-state index in [1.54, 1.807) is 0 Å². The summed E-state index contributed by atoms with van der Waals surface area (Å²) >= 11 is 0. The second kappa shape index (κ2) is 7.10. The Hall–Kier alpha value is -0.610. The lowest BCUT2D eigenvalue weighted by atomic mass is 9.92. The van der Waals surface area contributed by atoms with Crippen LogP contribution in [0.2, 0.25) is 0 Å². The van der Waals surface area contributed by atoms with Crippen LogP contribution in [0.3, 0.4) is 0 Å². The summed E-state index contributed by atoms with van der Waals surface area (Å²) in [7, 11) is 0. The molecule has 4 heteroatoms. The Balaban J connectivity index is 1.42. The van der Waals surface area contributed by atoms with E-state index in [1.807, 2.05) is 0 Å². The molecule has 4 nitrogen and oxygen atoms in total. The summed E-state index contributed by atoms with van der Waals surface area (Å²) in [6, 6.07) is 1.12. The smallest absolute Gasteiger partial charge is 0.225 e.